The van der Waals surface area contributed by atoms with Gasteiger partial charge < -0.3 is 9.80 Å². The van der Waals surface area contributed by atoms with E-state index in [0.29, 0.717) is 0 Å². The molecule has 5 nitrogen and oxygen atoms in total. The Labute approximate surface area is 165 Å². The van der Waals surface area contributed by atoms with Crippen molar-refractivity contribution in [2.75, 3.05) is 44.2 Å². The molecule has 0 spiro atoms. The van der Waals surface area contributed by atoms with Crippen molar-refractivity contribution < 1.29 is 0 Å². The molecule has 0 bridgehead atoms. The van der Waals surface area contributed by atoms with Crippen LogP contribution in [0.1, 0.15) is 57.9 Å². The Bertz CT molecular complexity index is 581. The van der Waals surface area contributed by atoms with Crippen molar-refractivity contribution in [2.24, 2.45) is 11.8 Å². The summed E-state index contributed by atoms with van der Waals surface area (Å²) in [7, 11) is 0. The van der Waals surface area contributed by atoms with Gasteiger partial charge in [0.2, 0.25) is 5.95 Å². The second-order valence-corrected chi connectivity index (χ2v) is 9.33. The van der Waals surface area contributed by atoms with Crippen molar-refractivity contribution in [3.8, 4) is 0 Å². The van der Waals surface area contributed by atoms with Gasteiger partial charge in [-0.05, 0) is 70.0 Å². The predicted molar refractivity (Wildman–Crippen MR) is 111 cm³/mol. The van der Waals surface area contributed by atoms with Gasteiger partial charge in [0, 0.05) is 50.2 Å². The average Bonchev–Trinajstić information content (AvgIpc) is 2.69. The molecule has 4 heterocycles. The molecular formula is C22H37N5. The lowest BCUT2D eigenvalue weighted by molar-refractivity contribution is 0.0728. The lowest BCUT2D eigenvalue weighted by Gasteiger charge is -2.41. The van der Waals surface area contributed by atoms with Gasteiger partial charge >= 0.3 is 0 Å². The molecule has 1 aromatic heterocycles. The lowest BCUT2D eigenvalue weighted by atomic mass is 9.95. The van der Waals surface area contributed by atoms with Crippen LogP contribution < -0.4 is 4.90 Å². The zero-order valence-corrected chi connectivity index (χ0v) is 17.3. The Morgan fingerprint density at radius 2 is 1.52 bits per heavy atom. The van der Waals surface area contributed by atoms with Gasteiger partial charge in [-0.1, -0.05) is 13.8 Å². The van der Waals surface area contributed by atoms with Crippen molar-refractivity contribution in [3.05, 3.63) is 18.0 Å². The number of likely N-dealkylation sites (tertiary alicyclic amines) is 2. The number of aromatic nitrogens is 2. The molecule has 3 aliphatic rings. The highest BCUT2D eigenvalue weighted by Crippen LogP contribution is 2.24. The molecule has 2 unspecified atom stereocenters. The third-order valence-electron chi connectivity index (χ3n) is 6.80. The van der Waals surface area contributed by atoms with Crippen LogP contribution in [0.25, 0.3) is 0 Å². The fourth-order valence-corrected chi connectivity index (χ4v) is 5.22. The van der Waals surface area contributed by atoms with Crippen LogP contribution >= 0.6 is 0 Å². The molecule has 0 aromatic carbocycles. The first-order chi connectivity index (χ1) is 13.2. The summed E-state index contributed by atoms with van der Waals surface area (Å²) in [6.07, 6.45) is 12.1. The number of hydrogen-bond donors (Lipinski definition) is 0. The van der Waals surface area contributed by atoms with Crippen LogP contribution in [0.15, 0.2) is 12.4 Å². The quantitative estimate of drug-likeness (QED) is 0.810. The highest BCUT2D eigenvalue weighted by Gasteiger charge is 2.27. The van der Waals surface area contributed by atoms with Gasteiger partial charge in [-0.3, -0.25) is 4.90 Å². The predicted octanol–water partition coefficient (Wildman–Crippen LogP) is 3.41. The third-order valence-corrected chi connectivity index (χ3v) is 6.80. The van der Waals surface area contributed by atoms with E-state index in [9.17, 15) is 0 Å². The van der Waals surface area contributed by atoms with E-state index in [-0.39, 0.29) is 0 Å². The number of rotatable bonds is 4. The van der Waals surface area contributed by atoms with Crippen LogP contribution in [0.5, 0.6) is 0 Å². The summed E-state index contributed by atoms with van der Waals surface area (Å²) in [5.41, 5.74) is 1.26. The minimum absolute atomic E-state index is 0.756. The Kier molecular flexibility index (Phi) is 6.28. The minimum Gasteiger partial charge on any atom is -0.341 e. The van der Waals surface area contributed by atoms with E-state index < -0.39 is 0 Å². The van der Waals surface area contributed by atoms with E-state index in [4.69, 9.17) is 0 Å². The van der Waals surface area contributed by atoms with Gasteiger partial charge in [0.05, 0.1) is 0 Å². The maximum absolute atomic E-state index is 4.68. The molecule has 5 heteroatoms. The number of anilines is 1. The van der Waals surface area contributed by atoms with Crippen molar-refractivity contribution in [2.45, 2.75) is 65.0 Å². The van der Waals surface area contributed by atoms with E-state index >= 15 is 0 Å². The van der Waals surface area contributed by atoms with Gasteiger partial charge in [0.25, 0.3) is 0 Å². The highest BCUT2D eigenvalue weighted by molar-refractivity contribution is 5.30. The van der Waals surface area contributed by atoms with Crippen LogP contribution in [-0.2, 0) is 6.54 Å². The summed E-state index contributed by atoms with van der Waals surface area (Å²) >= 11 is 0. The van der Waals surface area contributed by atoms with Gasteiger partial charge in [-0.2, -0.15) is 0 Å². The van der Waals surface area contributed by atoms with E-state index in [0.717, 1.165) is 43.5 Å². The van der Waals surface area contributed by atoms with E-state index in [1.165, 1.54) is 70.3 Å². The standard InChI is InChI=1S/C22H37N5/c1-18-5-3-9-26(15-18)21-7-11-25(12-8-21)17-20-13-23-22(24-14-20)27-10-4-6-19(2)16-27/h13-14,18-19,21H,3-12,15-17H2,1-2H3. The van der Waals surface area contributed by atoms with Crippen LogP contribution in [0.3, 0.4) is 0 Å². The van der Waals surface area contributed by atoms with E-state index in [1.807, 2.05) is 0 Å². The molecule has 0 N–H and O–H groups in total. The first-order valence-corrected chi connectivity index (χ1v) is 11.2. The fraction of sp³-hybridized carbons (Fsp3) is 0.818. The Morgan fingerprint density at radius 3 is 2.19 bits per heavy atom. The van der Waals surface area contributed by atoms with Gasteiger partial charge in [-0.25, -0.2) is 9.97 Å². The summed E-state index contributed by atoms with van der Waals surface area (Å²) in [4.78, 5) is 17.1. The van der Waals surface area contributed by atoms with Crippen molar-refractivity contribution in [3.63, 3.8) is 0 Å². The Morgan fingerprint density at radius 1 is 0.852 bits per heavy atom. The fourth-order valence-electron chi connectivity index (χ4n) is 5.22. The summed E-state index contributed by atoms with van der Waals surface area (Å²) in [6, 6.07) is 0.809. The van der Waals surface area contributed by atoms with E-state index in [2.05, 4.69) is 50.9 Å². The molecule has 0 aliphatic carbocycles. The molecule has 2 atom stereocenters. The Balaban J connectivity index is 1.25. The normalized spacial score (nSPS) is 29.2. The smallest absolute Gasteiger partial charge is 0.225 e. The molecule has 27 heavy (non-hydrogen) atoms. The summed E-state index contributed by atoms with van der Waals surface area (Å²) in [5, 5.41) is 0. The number of nitrogens with zero attached hydrogens (tertiary/aromatic N) is 5. The maximum Gasteiger partial charge on any atom is 0.225 e. The summed E-state index contributed by atoms with van der Waals surface area (Å²) in [6.45, 7) is 13.0. The van der Waals surface area contributed by atoms with Gasteiger partial charge in [-0.15, -0.1) is 0 Å². The third kappa shape index (κ3) is 5.00. The molecule has 0 saturated carbocycles. The molecule has 3 saturated heterocycles. The van der Waals surface area contributed by atoms with E-state index in [1.54, 1.807) is 0 Å². The first kappa shape index (κ1) is 19.1. The Hall–Kier alpha value is -1.20. The molecule has 4 rings (SSSR count). The second kappa shape index (κ2) is 8.87. The zero-order chi connectivity index (χ0) is 18.6. The van der Waals surface area contributed by atoms with Crippen LogP contribution in [-0.4, -0.2) is 65.1 Å². The van der Waals surface area contributed by atoms with Crippen molar-refractivity contribution in [1.82, 2.24) is 19.8 Å². The molecule has 0 radical (unpaired) electrons. The molecule has 150 valence electrons. The SMILES string of the molecule is CC1CCCN(c2ncc(CN3CCC(N4CCCC(C)C4)CC3)cn2)C1. The van der Waals surface area contributed by atoms with Crippen molar-refractivity contribution >= 4 is 5.95 Å². The van der Waals surface area contributed by atoms with Crippen molar-refractivity contribution in [1.29, 1.82) is 0 Å². The average molecular weight is 372 g/mol. The number of piperidine rings is 3. The zero-order valence-electron chi connectivity index (χ0n) is 17.3. The first-order valence-electron chi connectivity index (χ1n) is 11.2. The second-order valence-electron chi connectivity index (χ2n) is 9.33. The largest absolute Gasteiger partial charge is 0.341 e. The maximum atomic E-state index is 4.68. The topological polar surface area (TPSA) is 35.5 Å². The van der Waals surface area contributed by atoms with Gasteiger partial charge in [0.15, 0.2) is 0 Å². The molecule has 1 aromatic rings. The lowest BCUT2D eigenvalue weighted by Crippen LogP contribution is -2.48. The van der Waals surface area contributed by atoms with Crippen LogP contribution in [0.4, 0.5) is 5.95 Å². The molecule has 3 fully saturated rings. The molecule has 3 aliphatic heterocycles. The minimum atomic E-state index is 0.756. The van der Waals surface area contributed by atoms with Gasteiger partial charge in [0.1, 0.15) is 0 Å². The number of hydrogen-bond acceptors (Lipinski definition) is 5. The highest BCUT2D eigenvalue weighted by atomic mass is 15.3. The summed E-state index contributed by atoms with van der Waals surface area (Å²) in [5.74, 6) is 2.56. The summed E-state index contributed by atoms with van der Waals surface area (Å²) < 4.78 is 0. The monoisotopic (exact) mass is 371 g/mol. The molecular weight excluding hydrogens is 334 g/mol. The molecule has 0 amide bonds. The van der Waals surface area contributed by atoms with Crippen LogP contribution in [0, 0.1) is 11.8 Å². The van der Waals surface area contributed by atoms with Crippen LogP contribution in [0.2, 0.25) is 0 Å².